The minimum absolute atomic E-state index is 0.166. The Labute approximate surface area is 135 Å². The van der Waals surface area contributed by atoms with Gasteiger partial charge in [0.25, 0.3) is 0 Å². The summed E-state index contributed by atoms with van der Waals surface area (Å²) < 4.78 is 38.3. The molecule has 1 aromatic heterocycles. The van der Waals surface area contributed by atoms with Crippen molar-refractivity contribution in [3.05, 3.63) is 40.2 Å². The number of hydrogen-bond donors (Lipinski definition) is 0. The normalized spacial score (nSPS) is 15.4. The van der Waals surface area contributed by atoms with Crippen LogP contribution in [0.15, 0.2) is 29.6 Å². The van der Waals surface area contributed by atoms with Crippen LogP contribution < -0.4 is 0 Å². The average Bonchev–Trinajstić information content (AvgIpc) is 3.13. The fourth-order valence-electron chi connectivity index (χ4n) is 2.58. The summed E-state index contributed by atoms with van der Waals surface area (Å²) in [6.45, 7) is 1.40. The van der Waals surface area contributed by atoms with Gasteiger partial charge in [-0.25, -0.2) is 4.98 Å². The summed E-state index contributed by atoms with van der Waals surface area (Å²) in [5.74, 6) is 0.166. The van der Waals surface area contributed by atoms with E-state index in [1.54, 1.807) is 11.4 Å². The van der Waals surface area contributed by atoms with E-state index in [-0.39, 0.29) is 5.91 Å². The minimum atomic E-state index is -4.36. The first kappa shape index (κ1) is 16.0. The molecule has 7 heteroatoms. The number of hydrogen-bond acceptors (Lipinski definition) is 3. The standard InChI is InChI=1S/C16H15F3N2OS/c17-16(18,19)12-4-1-3-11(9-12)13-10-23-14(20-13)6-8-21-7-2-5-15(21)22/h1,3-4,9-10H,2,5-8H2. The van der Waals surface area contributed by atoms with Crippen LogP contribution >= 0.6 is 11.3 Å². The van der Waals surface area contributed by atoms with Crippen molar-refractivity contribution < 1.29 is 18.0 Å². The van der Waals surface area contributed by atoms with Crippen molar-refractivity contribution in [1.29, 1.82) is 0 Å². The molecular weight excluding hydrogens is 325 g/mol. The number of carbonyl (C=O) groups is 1. The van der Waals surface area contributed by atoms with Gasteiger partial charge in [0.05, 0.1) is 16.3 Å². The van der Waals surface area contributed by atoms with Crippen LogP contribution in [0.25, 0.3) is 11.3 Å². The Morgan fingerprint density at radius 2 is 2.13 bits per heavy atom. The lowest BCUT2D eigenvalue weighted by molar-refractivity contribution is -0.137. The van der Waals surface area contributed by atoms with E-state index in [2.05, 4.69) is 4.98 Å². The zero-order valence-corrected chi connectivity index (χ0v) is 13.1. The number of carbonyl (C=O) groups excluding carboxylic acids is 1. The van der Waals surface area contributed by atoms with Crippen molar-refractivity contribution in [3.8, 4) is 11.3 Å². The molecule has 1 aromatic carbocycles. The molecule has 2 heterocycles. The molecule has 1 amide bonds. The van der Waals surface area contributed by atoms with Crippen LogP contribution in [0.5, 0.6) is 0 Å². The van der Waals surface area contributed by atoms with Gasteiger partial charge in [-0.3, -0.25) is 4.79 Å². The van der Waals surface area contributed by atoms with Gasteiger partial charge < -0.3 is 4.90 Å². The van der Waals surface area contributed by atoms with E-state index in [1.165, 1.54) is 17.4 Å². The van der Waals surface area contributed by atoms with Gasteiger partial charge in [-0.2, -0.15) is 13.2 Å². The van der Waals surface area contributed by atoms with Crippen molar-refractivity contribution in [2.45, 2.75) is 25.4 Å². The van der Waals surface area contributed by atoms with E-state index in [0.717, 1.165) is 30.1 Å². The van der Waals surface area contributed by atoms with Crippen LogP contribution in [0.2, 0.25) is 0 Å². The van der Waals surface area contributed by atoms with E-state index in [0.29, 0.717) is 30.6 Å². The molecule has 0 bridgehead atoms. The molecule has 1 aliphatic rings. The summed E-state index contributed by atoms with van der Waals surface area (Å²) >= 11 is 1.41. The Balaban J connectivity index is 1.70. The largest absolute Gasteiger partial charge is 0.416 e. The smallest absolute Gasteiger partial charge is 0.342 e. The zero-order chi connectivity index (χ0) is 16.4. The summed E-state index contributed by atoms with van der Waals surface area (Å²) in [7, 11) is 0. The van der Waals surface area contributed by atoms with Gasteiger partial charge >= 0.3 is 6.18 Å². The van der Waals surface area contributed by atoms with Crippen LogP contribution in [0, 0.1) is 0 Å². The minimum Gasteiger partial charge on any atom is -0.342 e. The number of likely N-dealkylation sites (tertiary alicyclic amines) is 1. The number of aromatic nitrogens is 1. The maximum Gasteiger partial charge on any atom is 0.416 e. The third kappa shape index (κ3) is 3.72. The van der Waals surface area contributed by atoms with E-state index >= 15 is 0 Å². The van der Waals surface area contributed by atoms with Crippen molar-refractivity contribution in [3.63, 3.8) is 0 Å². The first-order chi connectivity index (χ1) is 10.9. The van der Waals surface area contributed by atoms with E-state index in [4.69, 9.17) is 0 Å². The molecule has 0 N–H and O–H groups in total. The average molecular weight is 340 g/mol. The molecule has 0 unspecified atom stereocenters. The van der Waals surface area contributed by atoms with Gasteiger partial charge in [0, 0.05) is 36.9 Å². The number of alkyl halides is 3. The molecule has 0 radical (unpaired) electrons. The van der Waals surface area contributed by atoms with Crippen molar-refractivity contribution in [2.24, 2.45) is 0 Å². The molecule has 2 aromatic rings. The Morgan fingerprint density at radius 1 is 1.30 bits per heavy atom. The van der Waals surface area contributed by atoms with Gasteiger partial charge in [-0.05, 0) is 18.6 Å². The monoisotopic (exact) mass is 340 g/mol. The predicted molar refractivity (Wildman–Crippen MR) is 82.1 cm³/mol. The fraction of sp³-hybridized carbons (Fsp3) is 0.375. The first-order valence-corrected chi connectivity index (χ1v) is 8.21. The van der Waals surface area contributed by atoms with Crippen LogP contribution in [-0.4, -0.2) is 28.9 Å². The van der Waals surface area contributed by atoms with Gasteiger partial charge in [-0.15, -0.1) is 11.3 Å². The number of amides is 1. The molecule has 0 saturated carbocycles. The van der Waals surface area contributed by atoms with Crippen LogP contribution in [0.3, 0.4) is 0 Å². The van der Waals surface area contributed by atoms with E-state index < -0.39 is 11.7 Å². The maximum atomic E-state index is 12.8. The van der Waals surface area contributed by atoms with Crippen molar-refractivity contribution >= 4 is 17.2 Å². The molecule has 3 nitrogen and oxygen atoms in total. The van der Waals surface area contributed by atoms with Gasteiger partial charge in [0.1, 0.15) is 0 Å². The number of halogens is 3. The molecule has 23 heavy (non-hydrogen) atoms. The van der Waals surface area contributed by atoms with Gasteiger partial charge in [-0.1, -0.05) is 12.1 Å². The number of rotatable bonds is 4. The number of nitrogens with zero attached hydrogens (tertiary/aromatic N) is 2. The molecule has 0 aliphatic carbocycles. The fourth-order valence-corrected chi connectivity index (χ4v) is 3.38. The lowest BCUT2D eigenvalue weighted by atomic mass is 10.1. The SMILES string of the molecule is O=C1CCCN1CCc1nc(-c2cccc(C(F)(F)F)c2)cs1. The van der Waals surface area contributed by atoms with Crippen LogP contribution in [0.4, 0.5) is 13.2 Å². The quantitative estimate of drug-likeness (QED) is 0.843. The highest BCUT2D eigenvalue weighted by Crippen LogP contribution is 2.32. The molecule has 3 rings (SSSR count). The second-order valence-corrected chi connectivity index (χ2v) is 6.38. The zero-order valence-electron chi connectivity index (χ0n) is 12.3. The molecule has 0 atom stereocenters. The lowest BCUT2D eigenvalue weighted by Gasteiger charge is -2.13. The second kappa shape index (κ2) is 6.31. The van der Waals surface area contributed by atoms with Crippen molar-refractivity contribution in [2.75, 3.05) is 13.1 Å². The second-order valence-electron chi connectivity index (χ2n) is 5.44. The third-order valence-corrected chi connectivity index (χ3v) is 4.71. The van der Waals surface area contributed by atoms with Crippen LogP contribution in [-0.2, 0) is 17.4 Å². The summed E-state index contributed by atoms with van der Waals surface area (Å²) in [5.41, 5.74) is 0.329. The highest BCUT2D eigenvalue weighted by atomic mass is 32.1. The maximum absolute atomic E-state index is 12.8. The van der Waals surface area contributed by atoms with Gasteiger partial charge in [0.2, 0.25) is 5.91 Å². The topological polar surface area (TPSA) is 33.2 Å². The lowest BCUT2D eigenvalue weighted by Crippen LogP contribution is -2.26. The molecule has 0 spiro atoms. The molecular formula is C16H15F3N2OS. The van der Waals surface area contributed by atoms with E-state index in [9.17, 15) is 18.0 Å². The summed E-state index contributed by atoms with van der Waals surface area (Å²) in [6.07, 6.45) is -2.22. The Morgan fingerprint density at radius 3 is 2.83 bits per heavy atom. The third-order valence-electron chi connectivity index (χ3n) is 3.80. The highest BCUT2D eigenvalue weighted by molar-refractivity contribution is 7.09. The molecule has 122 valence electrons. The van der Waals surface area contributed by atoms with Gasteiger partial charge in [0.15, 0.2) is 0 Å². The molecule has 1 fully saturated rings. The predicted octanol–water partition coefficient (Wildman–Crippen LogP) is 3.99. The van der Waals surface area contributed by atoms with Crippen molar-refractivity contribution in [1.82, 2.24) is 9.88 Å². The Bertz CT molecular complexity index is 711. The highest BCUT2D eigenvalue weighted by Gasteiger charge is 2.30. The first-order valence-electron chi connectivity index (χ1n) is 7.33. The van der Waals surface area contributed by atoms with E-state index in [1.807, 2.05) is 4.90 Å². The molecule has 1 saturated heterocycles. The number of benzene rings is 1. The Hall–Kier alpha value is -1.89. The summed E-state index contributed by atoms with van der Waals surface area (Å²) in [6, 6.07) is 5.18. The summed E-state index contributed by atoms with van der Waals surface area (Å²) in [4.78, 5) is 17.8. The number of thiazole rings is 1. The molecule has 1 aliphatic heterocycles. The van der Waals surface area contributed by atoms with Crippen LogP contribution in [0.1, 0.15) is 23.4 Å². The summed E-state index contributed by atoms with van der Waals surface area (Å²) in [5, 5.41) is 2.59. The Kier molecular flexibility index (Phi) is 4.39.